The summed E-state index contributed by atoms with van der Waals surface area (Å²) in [5.41, 5.74) is 0. The molecule has 1 atom stereocenters. The van der Waals surface area contributed by atoms with Crippen LogP contribution in [0.4, 0.5) is 8.78 Å². The minimum atomic E-state index is -1.05. The van der Waals surface area contributed by atoms with E-state index in [1.165, 1.54) is 17.9 Å². The summed E-state index contributed by atoms with van der Waals surface area (Å²) in [6.07, 6.45) is -0.924. The van der Waals surface area contributed by atoms with Crippen LogP contribution < -0.4 is 10.1 Å². The van der Waals surface area contributed by atoms with Gasteiger partial charge in [0.2, 0.25) is 5.91 Å². The van der Waals surface area contributed by atoms with Crippen LogP contribution in [0.1, 0.15) is 27.7 Å². The van der Waals surface area contributed by atoms with Gasteiger partial charge in [0.15, 0.2) is 17.7 Å². The number of amides is 2. The second kappa shape index (κ2) is 8.45. The van der Waals surface area contributed by atoms with Crippen LogP contribution in [0, 0.1) is 11.6 Å². The molecule has 0 saturated carbocycles. The molecule has 1 N–H and O–H groups in total. The molecular formula is C16H22F2N2O3. The Morgan fingerprint density at radius 1 is 1.22 bits per heavy atom. The molecule has 1 aromatic rings. The fourth-order valence-corrected chi connectivity index (χ4v) is 1.95. The molecule has 0 aliphatic rings. The van der Waals surface area contributed by atoms with Gasteiger partial charge >= 0.3 is 0 Å². The lowest BCUT2D eigenvalue weighted by atomic mass is 10.3. The molecule has 1 aromatic carbocycles. The van der Waals surface area contributed by atoms with Crippen molar-refractivity contribution in [3.8, 4) is 5.75 Å². The number of rotatable bonds is 7. The monoisotopic (exact) mass is 328 g/mol. The molecule has 0 heterocycles. The van der Waals surface area contributed by atoms with E-state index in [-0.39, 0.29) is 24.2 Å². The van der Waals surface area contributed by atoms with Gasteiger partial charge in [-0.05, 0) is 39.8 Å². The number of carbonyl (C=O) groups excluding carboxylic acids is 2. The topological polar surface area (TPSA) is 58.6 Å². The highest BCUT2D eigenvalue weighted by molar-refractivity contribution is 5.87. The van der Waals surface area contributed by atoms with Crippen molar-refractivity contribution in [2.45, 2.75) is 39.8 Å². The number of benzene rings is 1. The van der Waals surface area contributed by atoms with Gasteiger partial charge in [0, 0.05) is 18.7 Å². The van der Waals surface area contributed by atoms with Crippen LogP contribution in [-0.4, -0.2) is 41.9 Å². The Bertz CT molecular complexity index is 564. The summed E-state index contributed by atoms with van der Waals surface area (Å²) in [5.74, 6) is -2.67. The molecule has 0 bridgehead atoms. The summed E-state index contributed by atoms with van der Waals surface area (Å²) in [7, 11) is 0. The molecule has 128 valence electrons. The summed E-state index contributed by atoms with van der Waals surface area (Å²) in [6.45, 7) is 7.13. The first-order valence-corrected chi connectivity index (χ1v) is 7.44. The Hall–Kier alpha value is -2.18. The van der Waals surface area contributed by atoms with E-state index in [9.17, 15) is 18.4 Å². The zero-order chi connectivity index (χ0) is 17.6. The van der Waals surface area contributed by atoms with E-state index in [1.807, 2.05) is 13.8 Å². The molecule has 0 spiro atoms. The quantitative estimate of drug-likeness (QED) is 0.834. The van der Waals surface area contributed by atoms with E-state index in [0.717, 1.165) is 12.1 Å². The van der Waals surface area contributed by atoms with Crippen LogP contribution in [0.2, 0.25) is 0 Å². The SMILES string of the molecule is CCN(CC(=O)NC(C)C)C(=O)[C@@H](C)Oc1ccc(F)c(F)c1. The molecule has 23 heavy (non-hydrogen) atoms. The van der Waals surface area contributed by atoms with Gasteiger partial charge in [-0.1, -0.05) is 0 Å². The van der Waals surface area contributed by atoms with Crippen molar-refractivity contribution < 1.29 is 23.1 Å². The summed E-state index contributed by atoms with van der Waals surface area (Å²) in [4.78, 5) is 25.4. The average molecular weight is 328 g/mol. The first-order valence-electron chi connectivity index (χ1n) is 7.44. The zero-order valence-electron chi connectivity index (χ0n) is 13.7. The van der Waals surface area contributed by atoms with Gasteiger partial charge in [0.25, 0.3) is 5.91 Å². The van der Waals surface area contributed by atoms with E-state index >= 15 is 0 Å². The van der Waals surface area contributed by atoms with Crippen LogP contribution >= 0.6 is 0 Å². The van der Waals surface area contributed by atoms with Crippen molar-refractivity contribution in [3.05, 3.63) is 29.8 Å². The van der Waals surface area contributed by atoms with Crippen LogP contribution in [0.3, 0.4) is 0 Å². The second-order valence-electron chi connectivity index (χ2n) is 5.41. The van der Waals surface area contributed by atoms with Gasteiger partial charge < -0.3 is 15.0 Å². The maximum absolute atomic E-state index is 13.1. The van der Waals surface area contributed by atoms with E-state index in [4.69, 9.17) is 4.74 Å². The van der Waals surface area contributed by atoms with Crippen molar-refractivity contribution in [1.82, 2.24) is 10.2 Å². The largest absolute Gasteiger partial charge is 0.481 e. The average Bonchev–Trinajstić information content (AvgIpc) is 2.47. The summed E-state index contributed by atoms with van der Waals surface area (Å²) >= 11 is 0. The van der Waals surface area contributed by atoms with Crippen LogP contribution in [0.15, 0.2) is 18.2 Å². The number of hydrogen-bond donors (Lipinski definition) is 1. The van der Waals surface area contributed by atoms with Crippen molar-refractivity contribution in [2.75, 3.05) is 13.1 Å². The molecule has 0 radical (unpaired) electrons. The maximum atomic E-state index is 13.1. The second-order valence-corrected chi connectivity index (χ2v) is 5.41. The third-order valence-electron chi connectivity index (χ3n) is 3.03. The van der Waals surface area contributed by atoms with Crippen LogP contribution in [0.25, 0.3) is 0 Å². The van der Waals surface area contributed by atoms with Gasteiger partial charge in [0.1, 0.15) is 5.75 Å². The third-order valence-corrected chi connectivity index (χ3v) is 3.03. The molecular weight excluding hydrogens is 306 g/mol. The van der Waals surface area contributed by atoms with E-state index < -0.39 is 23.6 Å². The van der Waals surface area contributed by atoms with E-state index in [1.54, 1.807) is 6.92 Å². The van der Waals surface area contributed by atoms with Crippen molar-refractivity contribution >= 4 is 11.8 Å². The predicted molar refractivity (Wildman–Crippen MR) is 82.0 cm³/mol. The lowest BCUT2D eigenvalue weighted by Gasteiger charge is -2.24. The Balaban J connectivity index is 2.68. The number of nitrogens with zero attached hydrogens (tertiary/aromatic N) is 1. The molecule has 2 amide bonds. The fraction of sp³-hybridized carbons (Fsp3) is 0.500. The van der Waals surface area contributed by atoms with Gasteiger partial charge in [-0.2, -0.15) is 0 Å². The lowest BCUT2D eigenvalue weighted by Crippen LogP contribution is -2.46. The standard InChI is InChI=1S/C16H22F2N2O3/c1-5-20(9-15(21)19-10(2)3)16(22)11(4)23-12-6-7-13(17)14(18)8-12/h6-8,10-11H,5,9H2,1-4H3,(H,19,21)/t11-/m1/s1. The fourth-order valence-electron chi connectivity index (χ4n) is 1.95. The molecule has 0 aliphatic carbocycles. The Morgan fingerprint density at radius 2 is 1.87 bits per heavy atom. The minimum Gasteiger partial charge on any atom is -0.481 e. The zero-order valence-corrected chi connectivity index (χ0v) is 13.7. The number of halogens is 2. The van der Waals surface area contributed by atoms with Crippen LogP contribution in [0.5, 0.6) is 5.75 Å². The van der Waals surface area contributed by atoms with Crippen LogP contribution in [-0.2, 0) is 9.59 Å². The number of nitrogens with one attached hydrogen (secondary N) is 1. The molecule has 0 saturated heterocycles. The molecule has 0 aliphatic heterocycles. The normalized spacial score (nSPS) is 12.0. The molecule has 1 rings (SSSR count). The summed E-state index contributed by atoms with van der Waals surface area (Å²) in [5, 5.41) is 2.70. The molecule has 5 nitrogen and oxygen atoms in total. The predicted octanol–water partition coefficient (Wildman–Crippen LogP) is 2.11. The van der Waals surface area contributed by atoms with E-state index in [0.29, 0.717) is 6.54 Å². The number of likely N-dealkylation sites (N-methyl/N-ethyl adjacent to an activating group) is 1. The third kappa shape index (κ3) is 5.84. The van der Waals surface area contributed by atoms with Gasteiger partial charge in [0.05, 0.1) is 6.54 Å². The van der Waals surface area contributed by atoms with Gasteiger partial charge in [-0.25, -0.2) is 8.78 Å². The first-order chi connectivity index (χ1) is 10.7. The highest BCUT2D eigenvalue weighted by Crippen LogP contribution is 2.17. The van der Waals surface area contributed by atoms with Gasteiger partial charge in [-0.3, -0.25) is 9.59 Å². The molecule has 0 unspecified atom stereocenters. The first kappa shape index (κ1) is 18.9. The molecule has 0 fully saturated rings. The van der Waals surface area contributed by atoms with Crippen molar-refractivity contribution in [3.63, 3.8) is 0 Å². The van der Waals surface area contributed by atoms with Gasteiger partial charge in [-0.15, -0.1) is 0 Å². The number of ether oxygens (including phenoxy) is 1. The molecule has 7 heteroatoms. The maximum Gasteiger partial charge on any atom is 0.263 e. The minimum absolute atomic E-state index is 0.0211. The Kier molecular flexibility index (Phi) is 6.93. The van der Waals surface area contributed by atoms with Crippen molar-refractivity contribution in [2.24, 2.45) is 0 Å². The van der Waals surface area contributed by atoms with E-state index in [2.05, 4.69) is 5.32 Å². The number of carbonyl (C=O) groups is 2. The highest BCUT2D eigenvalue weighted by Gasteiger charge is 2.23. The highest BCUT2D eigenvalue weighted by atomic mass is 19.2. The summed E-state index contributed by atoms with van der Waals surface area (Å²) in [6, 6.07) is 3.02. The summed E-state index contributed by atoms with van der Waals surface area (Å²) < 4.78 is 31.3. The Morgan fingerprint density at radius 3 is 2.39 bits per heavy atom. The smallest absolute Gasteiger partial charge is 0.263 e. The lowest BCUT2D eigenvalue weighted by molar-refractivity contribution is -0.141. The number of hydrogen-bond acceptors (Lipinski definition) is 3. The Labute approximate surface area is 134 Å². The molecule has 0 aromatic heterocycles. The van der Waals surface area contributed by atoms with Crippen molar-refractivity contribution in [1.29, 1.82) is 0 Å².